The molecule has 0 aliphatic heterocycles. The van der Waals surface area contributed by atoms with Crippen molar-refractivity contribution in [2.24, 2.45) is 5.92 Å². The Bertz CT molecular complexity index is 260. The lowest BCUT2D eigenvalue weighted by molar-refractivity contribution is -0.148. The summed E-state index contributed by atoms with van der Waals surface area (Å²) in [6.07, 6.45) is 0.978. The summed E-state index contributed by atoms with van der Waals surface area (Å²) in [4.78, 5) is 31.4. The van der Waals surface area contributed by atoms with Crippen molar-refractivity contribution in [3.05, 3.63) is 0 Å². The first-order valence-corrected chi connectivity index (χ1v) is 5.01. The molecule has 0 bridgehead atoms. The number of carbonyl (C=O) groups excluding carboxylic acids is 1. The molecule has 0 aromatic carbocycles. The van der Waals surface area contributed by atoms with Crippen molar-refractivity contribution in [1.82, 2.24) is 0 Å². The van der Waals surface area contributed by atoms with Crippen molar-refractivity contribution in [3.8, 4) is 0 Å². The predicted molar refractivity (Wildman–Crippen MR) is 53.9 cm³/mol. The fraction of sp³-hybridized carbons (Fsp3) is 0.700. The molecular weight excluding hydrogens is 216 g/mol. The zero-order chi connectivity index (χ0) is 12.6. The zero-order valence-electron chi connectivity index (χ0n) is 9.14. The highest BCUT2D eigenvalue weighted by Crippen LogP contribution is 2.13. The van der Waals surface area contributed by atoms with E-state index in [9.17, 15) is 14.4 Å². The third-order valence-corrected chi connectivity index (χ3v) is 2.02. The third kappa shape index (κ3) is 7.78. The van der Waals surface area contributed by atoms with Crippen molar-refractivity contribution in [2.75, 3.05) is 6.61 Å². The van der Waals surface area contributed by atoms with Gasteiger partial charge in [0.25, 0.3) is 0 Å². The minimum Gasteiger partial charge on any atom is -0.481 e. The molecule has 0 heterocycles. The standard InChI is InChI=1S/C10H16O6/c1-7(11)16-5-3-2-4-8(10(14)15)6-9(12)13/h8H,2-6H2,1H3,(H,12,13)(H,14,15). The Hall–Kier alpha value is -1.59. The molecule has 2 N–H and O–H groups in total. The van der Waals surface area contributed by atoms with E-state index in [2.05, 4.69) is 4.74 Å². The first kappa shape index (κ1) is 14.4. The minimum atomic E-state index is -1.12. The molecule has 6 nitrogen and oxygen atoms in total. The molecule has 0 radical (unpaired) electrons. The Morgan fingerprint density at radius 2 is 1.81 bits per heavy atom. The maximum atomic E-state index is 10.7. The Kier molecular flexibility index (Phi) is 6.91. The van der Waals surface area contributed by atoms with E-state index in [-0.39, 0.29) is 25.4 Å². The molecule has 0 saturated heterocycles. The van der Waals surface area contributed by atoms with Gasteiger partial charge in [-0.15, -0.1) is 0 Å². The van der Waals surface area contributed by atoms with Crippen LogP contribution in [-0.2, 0) is 19.1 Å². The summed E-state index contributed by atoms with van der Waals surface area (Å²) in [6, 6.07) is 0. The second-order valence-electron chi connectivity index (χ2n) is 3.47. The van der Waals surface area contributed by atoms with Crippen LogP contribution >= 0.6 is 0 Å². The number of carboxylic acids is 2. The average Bonchev–Trinajstić information content (AvgIpc) is 2.14. The van der Waals surface area contributed by atoms with Crippen molar-refractivity contribution in [3.63, 3.8) is 0 Å². The van der Waals surface area contributed by atoms with Crippen LogP contribution in [0, 0.1) is 5.92 Å². The molecule has 6 heteroatoms. The summed E-state index contributed by atoms with van der Waals surface area (Å²) in [5.41, 5.74) is 0. The summed E-state index contributed by atoms with van der Waals surface area (Å²) in [5, 5.41) is 17.2. The van der Waals surface area contributed by atoms with E-state index in [1.165, 1.54) is 6.92 Å². The molecule has 0 amide bonds. The van der Waals surface area contributed by atoms with Crippen LogP contribution in [0.2, 0.25) is 0 Å². The van der Waals surface area contributed by atoms with Gasteiger partial charge in [0.15, 0.2) is 0 Å². The molecule has 0 aromatic heterocycles. The number of hydrogen-bond acceptors (Lipinski definition) is 4. The van der Waals surface area contributed by atoms with Gasteiger partial charge in [0.05, 0.1) is 18.9 Å². The molecule has 0 aliphatic rings. The van der Waals surface area contributed by atoms with Gasteiger partial charge in [-0.1, -0.05) is 0 Å². The summed E-state index contributed by atoms with van der Waals surface area (Å²) < 4.78 is 4.66. The maximum absolute atomic E-state index is 10.7. The van der Waals surface area contributed by atoms with Gasteiger partial charge in [-0.05, 0) is 19.3 Å². The van der Waals surface area contributed by atoms with Crippen LogP contribution in [0.4, 0.5) is 0 Å². The number of unbranched alkanes of at least 4 members (excludes halogenated alkanes) is 1. The first-order valence-electron chi connectivity index (χ1n) is 5.01. The van der Waals surface area contributed by atoms with Gasteiger partial charge < -0.3 is 14.9 Å². The van der Waals surface area contributed by atoms with Crippen molar-refractivity contribution >= 4 is 17.9 Å². The van der Waals surface area contributed by atoms with Gasteiger partial charge in [-0.3, -0.25) is 14.4 Å². The number of aliphatic carboxylic acids is 2. The highest BCUT2D eigenvalue weighted by molar-refractivity contribution is 5.77. The van der Waals surface area contributed by atoms with Crippen LogP contribution in [0.15, 0.2) is 0 Å². The molecule has 1 atom stereocenters. The molecule has 16 heavy (non-hydrogen) atoms. The van der Waals surface area contributed by atoms with Gasteiger partial charge in [0.2, 0.25) is 0 Å². The summed E-state index contributed by atoms with van der Waals surface area (Å²) in [7, 11) is 0. The van der Waals surface area contributed by atoms with E-state index in [1.54, 1.807) is 0 Å². The van der Waals surface area contributed by atoms with E-state index in [4.69, 9.17) is 10.2 Å². The third-order valence-electron chi connectivity index (χ3n) is 2.02. The van der Waals surface area contributed by atoms with Crippen LogP contribution in [0.3, 0.4) is 0 Å². The largest absolute Gasteiger partial charge is 0.481 e. The first-order chi connectivity index (χ1) is 7.43. The Morgan fingerprint density at radius 3 is 2.25 bits per heavy atom. The molecule has 0 spiro atoms. The fourth-order valence-electron chi connectivity index (χ4n) is 1.23. The molecule has 0 saturated carbocycles. The summed E-state index contributed by atoms with van der Waals surface area (Å²) in [5.74, 6) is -3.46. The monoisotopic (exact) mass is 232 g/mol. The zero-order valence-corrected chi connectivity index (χ0v) is 9.14. The molecular formula is C10H16O6. The number of carboxylic acid groups (broad SMARTS) is 2. The normalized spacial score (nSPS) is 11.8. The minimum absolute atomic E-state index is 0.245. The Balaban J connectivity index is 3.72. The number of hydrogen-bond donors (Lipinski definition) is 2. The Morgan fingerprint density at radius 1 is 1.19 bits per heavy atom. The molecule has 0 aromatic rings. The molecule has 0 aliphatic carbocycles. The SMILES string of the molecule is CC(=O)OCCCCC(CC(=O)O)C(=O)O. The smallest absolute Gasteiger partial charge is 0.307 e. The molecule has 92 valence electrons. The molecule has 1 unspecified atom stereocenters. The van der Waals surface area contributed by atoms with Gasteiger partial charge in [0, 0.05) is 6.92 Å². The highest BCUT2D eigenvalue weighted by Gasteiger charge is 2.20. The maximum Gasteiger partial charge on any atom is 0.307 e. The number of ether oxygens (including phenoxy) is 1. The van der Waals surface area contributed by atoms with Crippen LogP contribution in [0.5, 0.6) is 0 Å². The average molecular weight is 232 g/mol. The predicted octanol–water partition coefficient (Wildman–Crippen LogP) is 0.895. The van der Waals surface area contributed by atoms with Gasteiger partial charge in [-0.2, -0.15) is 0 Å². The van der Waals surface area contributed by atoms with Crippen molar-refractivity contribution in [2.45, 2.75) is 32.6 Å². The van der Waals surface area contributed by atoms with Crippen molar-refractivity contribution < 1.29 is 29.3 Å². The number of carbonyl (C=O) groups is 3. The van der Waals surface area contributed by atoms with Crippen molar-refractivity contribution in [1.29, 1.82) is 0 Å². The molecule has 0 fully saturated rings. The summed E-state index contributed by atoms with van der Waals surface area (Å²) in [6.45, 7) is 1.54. The lowest BCUT2D eigenvalue weighted by Crippen LogP contribution is -2.18. The van der Waals surface area contributed by atoms with E-state index in [1.807, 2.05) is 0 Å². The summed E-state index contributed by atoms with van der Waals surface area (Å²) >= 11 is 0. The quantitative estimate of drug-likeness (QED) is 0.476. The van der Waals surface area contributed by atoms with Crippen LogP contribution in [-0.4, -0.2) is 34.7 Å². The van der Waals surface area contributed by atoms with Crippen LogP contribution in [0.25, 0.3) is 0 Å². The van der Waals surface area contributed by atoms with Gasteiger partial charge >= 0.3 is 17.9 Å². The number of rotatable bonds is 8. The second kappa shape index (κ2) is 7.67. The van der Waals surface area contributed by atoms with Crippen LogP contribution in [0.1, 0.15) is 32.6 Å². The second-order valence-corrected chi connectivity index (χ2v) is 3.47. The Labute approximate surface area is 93.2 Å². The van der Waals surface area contributed by atoms with Crippen LogP contribution < -0.4 is 0 Å². The van der Waals surface area contributed by atoms with Gasteiger partial charge in [0.1, 0.15) is 0 Å². The molecule has 0 rings (SSSR count). The van der Waals surface area contributed by atoms with E-state index < -0.39 is 17.9 Å². The lowest BCUT2D eigenvalue weighted by Gasteiger charge is -2.09. The number of esters is 1. The van der Waals surface area contributed by atoms with E-state index in [0.29, 0.717) is 12.8 Å². The van der Waals surface area contributed by atoms with E-state index >= 15 is 0 Å². The lowest BCUT2D eigenvalue weighted by atomic mass is 9.99. The topological polar surface area (TPSA) is 101 Å². The van der Waals surface area contributed by atoms with Gasteiger partial charge in [-0.25, -0.2) is 0 Å². The highest BCUT2D eigenvalue weighted by atomic mass is 16.5. The fourth-order valence-corrected chi connectivity index (χ4v) is 1.23. The van der Waals surface area contributed by atoms with E-state index in [0.717, 1.165) is 0 Å².